The maximum absolute atomic E-state index is 14.4. The third-order valence-corrected chi connectivity index (χ3v) is 4.57. The van der Waals surface area contributed by atoms with E-state index < -0.39 is 10.8 Å². The van der Waals surface area contributed by atoms with E-state index in [2.05, 4.69) is 0 Å². The molecule has 0 saturated carbocycles. The molecule has 0 radical (unpaired) electrons. The first-order chi connectivity index (χ1) is 11.9. The molecule has 0 unspecified atom stereocenters. The minimum absolute atomic E-state index is 0.0801. The number of hydrogen-bond acceptors (Lipinski definition) is 4. The number of carbonyl (C=O) groups excluding carboxylic acids is 1. The highest BCUT2D eigenvalue weighted by Crippen LogP contribution is 2.34. The second-order valence-electron chi connectivity index (χ2n) is 6.18. The van der Waals surface area contributed by atoms with Gasteiger partial charge in [-0.05, 0) is 49.1 Å². The van der Waals surface area contributed by atoms with Gasteiger partial charge in [-0.25, -0.2) is 4.39 Å². The number of halogens is 1. The Balaban J connectivity index is 2.01. The number of nitrogens with two attached hydrogens (primary N) is 1. The summed E-state index contributed by atoms with van der Waals surface area (Å²) in [6.07, 6.45) is 1.64. The lowest BCUT2D eigenvalue weighted by molar-refractivity contribution is -0.385. The maximum Gasteiger partial charge on any atom is 0.275 e. The molecule has 7 heteroatoms. The number of benzene rings is 2. The summed E-state index contributed by atoms with van der Waals surface area (Å²) in [4.78, 5) is 23.9. The second kappa shape index (κ2) is 6.51. The van der Waals surface area contributed by atoms with Gasteiger partial charge in [0.25, 0.3) is 5.69 Å². The molecule has 1 amide bonds. The lowest BCUT2D eigenvalue weighted by Crippen LogP contribution is -2.30. The van der Waals surface area contributed by atoms with E-state index in [-0.39, 0.29) is 23.6 Å². The fraction of sp³-hybridized carbons (Fsp3) is 0.278. The van der Waals surface area contributed by atoms with Gasteiger partial charge in [-0.15, -0.1) is 0 Å². The predicted molar refractivity (Wildman–Crippen MR) is 92.1 cm³/mol. The molecule has 2 aromatic carbocycles. The summed E-state index contributed by atoms with van der Waals surface area (Å²) in [5.74, 6) is -1.05. The van der Waals surface area contributed by atoms with Crippen LogP contribution in [0.25, 0.3) is 0 Å². The van der Waals surface area contributed by atoms with E-state index in [1.807, 2.05) is 11.8 Å². The molecule has 2 N–H and O–H groups in total. The smallest absolute Gasteiger partial charge is 0.275 e. The molecule has 0 saturated heterocycles. The Morgan fingerprint density at radius 3 is 2.80 bits per heavy atom. The number of carbonyl (C=O) groups is 1. The number of nitro benzene ring substituents is 1. The van der Waals surface area contributed by atoms with Crippen LogP contribution in [0.15, 0.2) is 30.3 Å². The number of aryl methyl sites for hydroxylation is 1. The zero-order valence-electron chi connectivity index (χ0n) is 13.8. The highest BCUT2D eigenvalue weighted by molar-refractivity contribution is 5.93. The van der Waals surface area contributed by atoms with Gasteiger partial charge in [-0.2, -0.15) is 0 Å². The largest absolute Gasteiger partial charge is 0.366 e. The van der Waals surface area contributed by atoms with E-state index in [1.54, 1.807) is 6.07 Å². The molecule has 25 heavy (non-hydrogen) atoms. The predicted octanol–water partition coefficient (Wildman–Crippen LogP) is 3.09. The van der Waals surface area contributed by atoms with Crippen LogP contribution in [0, 0.1) is 22.9 Å². The summed E-state index contributed by atoms with van der Waals surface area (Å²) >= 11 is 0. The molecule has 3 rings (SSSR count). The normalized spacial score (nSPS) is 13.4. The maximum atomic E-state index is 14.4. The molecule has 0 atom stereocenters. The standard InChI is InChI=1S/C18H18FN3O3/c1-11-4-7-15(19)17-14(11)3-2-8-21(17)10-13-6-5-12(18(20)23)9-16(13)22(24)25/h4-7,9H,2-3,8,10H2,1H3,(H2,20,23). The van der Waals surface area contributed by atoms with Crippen molar-refractivity contribution in [2.45, 2.75) is 26.3 Å². The molecular formula is C18H18FN3O3. The van der Waals surface area contributed by atoms with Crippen molar-refractivity contribution in [2.75, 3.05) is 11.4 Å². The van der Waals surface area contributed by atoms with Crippen molar-refractivity contribution in [2.24, 2.45) is 5.73 Å². The number of hydrogen-bond donors (Lipinski definition) is 1. The van der Waals surface area contributed by atoms with Gasteiger partial charge in [0.05, 0.1) is 10.6 Å². The van der Waals surface area contributed by atoms with E-state index in [0.29, 0.717) is 17.8 Å². The third kappa shape index (κ3) is 3.17. The lowest BCUT2D eigenvalue weighted by atomic mass is 9.96. The van der Waals surface area contributed by atoms with Gasteiger partial charge < -0.3 is 10.6 Å². The first kappa shape index (κ1) is 16.9. The summed E-state index contributed by atoms with van der Waals surface area (Å²) in [5, 5.41) is 11.4. The van der Waals surface area contributed by atoms with Crippen LogP contribution in [0.1, 0.15) is 33.5 Å². The van der Waals surface area contributed by atoms with Crippen LogP contribution in [-0.2, 0) is 13.0 Å². The van der Waals surface area contributed by atoms with Crippen LogP contribution in [0.4, 0.5) is 15.8 Å². The van der Waals surface area contributed by atoms with Crippen LogP contribution < -0.4 is 10.6 Å². The van der Waals surface area contributed by atoms with Crippen molar-refractivity contribution >= 4 is 17.3 Å². The van der Waals surface area contributed by atoms with Crippen molar-refractivity contribution in [1.82, 2.24) is 0 Å². The zero-order valence-corrected chi connectivity index (χ0v) is 13.8. The molecule has 6 nitrogen and oxygen atoms in total. The first-order valence-corrected chi connectivity index (χ1v) is 7.98. The first-order valence-electron chi connectivity index (χ1n) is 7.98. The van der Waals surface area contributed by atoms with Crippen molar-refractivity contribution in [3.05, 3.63) is 68.5 Å². The molecule has 1 aliphatic heterocycles. The minimum Gasteiger partial charge on any atom is -0.366 e. The average molecular weight is 343 g/mol. The molecule has 0 spiro atoms. The number of nitrogens with zero attached hydrogens (tertiary/aromatic N) is 2. The molecule has 0 aliphatic carbocycles. The number of rotatable bonds is 4. The van der Waals surface area contributed by atoms with Gasteiger partial charge in [-0.1, -0.05) is 6.07 Å². The molecule has 0 fully saturated rings. The van der Waals surface area contributed by atoms with Crippen LogP contribution in [0.2, 0.25) is 0 Å². The molecule has 1 heterocycles. The number of primary amides is 1. The third-order valence-electron chi connectivity index (χ3n) is 4.57. The number of anilines is 1. The molecular weight excluding hydrogens is 325 g/mol. The van der Waals surface area contributed by atoms with Gasteiger partial charge >= 0.3 is 0 Å². The zero-order chi connectivity index (χ0) is 18.1. The molecule has 1 aliphatic rings. The highest BCUT2D eigenvalue weighted by atomic mass is 19.1. The van der Waals surface area contributed by atoms with Crippen LogP contribution in [0.5, 0.6) is 0 Å². The van der Waals surface area contributed by atoms with Gasteiger partial charge in [0, 0.05) is 30.3 Å². The topological polar surface area (TPSA) is 89.5 Å². The van der Waals surface area contributed by atoms with Gasteiger partial charge in [-0.3, -0.25) is 14.9 Å². The van der Waals surface area contributed by atoms with Crippen molar-refractivity contribution < 1.29 is 14.1 Å². The van der Waals surface area contributed by atoms with E-state index in [9.17, 15) is 19.3 Å². The highest BCUT2D eigenvalue weighted by Gasteiger charge is 2.25. The van der Waals surface area contributed by atoms with Crippen LogP contribution in [0.3, 0.4) is 0 Å². The van der Waals surface area contributed by atoms with Gasteiger partial charge in [0.15, 0.2) is 0 Å². The Kier molecular flexibility index (Phi) is 4.39. The fourth-order valence-electron chi connectivity index (χ4n) is 3.31. The fourth-order valence-corrected chi connectivity index (χ4v) is 3.31. The Morgan fingerprint density at radius 2 is 2.12 bits per heavy atom. The van der Waals surface area contributed by atoms with Gasteiger partial charge in [0.2, 0.25) is 5.91 Å². The lowest BCUT2D eigenvalue weighted by Gasteiger charge is -2.32. The van der Waals surface area contributed by atoms with E-state index >= 15 is 0 Å². The van der Waals surface area contributed by atoms with Crippen molar-refractivity contribution in [3.8, 4) is 0 Å². The summed E-state index contributed by atoms with van der Waals surface area (Å²) in [6, 6.07) is 7.33. The minimum atomic E-state index is -0.723. The van der Waals surface area contributed by atoms with E-state index in [4.69, 9.17) is 5.73 Å². The summed E-state index contributed by atoms with van der Waals surface area (Å²) in [5.41, 5.74) is 7.99. The second-order valence-corrected chi connectivity index (χ2v) is 6.18. The summed E-state index contributed by atoms with van der Waals surface area (Å²) in [6.45, 7) is 2.75. The Morgan fingerprint density at radius 1 is 1.36 bits per heavy atom. The quantitative estimate of drug-likeness (QED) is 0.682. The van der Waals surface area contributed by atoms with Crippen molar-refractivity contribution in [3.63, 3.8) is 0 Å². The number of amides is 1. The summed E-state index contributed by atoms with van der Waals surface area (Å²) < 4.78 is 14.4. The molecule has 2 aromatic rings. The Bertz CT molecular complexity index is 867. The molecule has 0 aromatic heterocycles. The number of fused-ring (bicyclic) bond motifs is 1. The summed E-state index contributed by atoms with van der Waals surface area (Å²) in [7, 11) is 0. The average Bonchev–Trinajstić information content (AvgIpc) is 2.58. The van der Waals surface area contributed by atoms with Crippen molar-refractivity contribution in [1.29, 1.82) is 0 Å². The van der Waals surface area contributed by atoms with Crippen LogP contribution >= 0.6 is 0 Å². The SMILES string of the molecule is Cc1ccc(F)c2c1CCCN2Cc1ccc(C(N)=O)cc1[N+](=O)[O-]. The number of nitro groups is 1. The van der Waals surface area contributed by atoms with E-state index in [0.717, 1.165) is 24.0 Å². The Labute approximate surface area is 144 Å². The molecule has 0 bridgehead atoms. The monoisotopic (exact) mass is 343 g/mol. The van der Waals surface area contributed by atoms with E-state index in [1.165, 1.54) is 24.3 Å². The molecule has 130 valence electrons. The van der Waals surface area contributed by atoms with Gasteiger partial charge in [0.1, 0.15) is 5.82 Å². The Hall–Kier alpha value is -2.96. The van der Waals surface area contributed by atoms with Crippen LogP contribution in [-0.4, -0.2) is 17.4 Å².